The number of carbonyl (C=O) groups is 1. The van der Waals surface area contributed by atoms with Crippen molar-refractivity contribution in [1.29, 1.82) is 0 Å². The molecule has 0 N–H and O–H groups in total. The number of amides is 1. The van der Waals surface area contributed by atoms with Gasteiger partial charge in [-0.3, -0.25) is 4.98 Å². The van der Waals surface area contributed by atoms with Gasteiger partial charge in [0.2, 0.25) is 0 Å². The second kappa shape index (κ2) is 5.19. The number of hydrogen-bond acceptors (Lipinski definition) is 3. The molecule has 1 amide bonds. The molecule has 1 aliphatic heterocycles. The molecule has 1 fully saturated rings. The minimum Gasteiger partial charge on any atom is -0.444 e. The maximum atomic E-state index is 12.0. The van der Waals surface area contributed by atoms with E-state index in [1.807, 2.05) is 33.0 Å². The Labute approximate surface area is 114 Å². The Bertz CT molecular complexity index is 465. The molecule has 1 aromatic rings. The van der Waals surface area contributed by atoms with Gasteiger partial charge in [-0.2, -0.15) is 0 Å². The van der Waals surface area contributed by atoms with Crippen molar-refractivity contribution in [3.05, 3.63) is 29.6 Å². The minimum absolute atomic E-state index is 0.212. The first-order valence-electron chi connectivity index (χ1n) is 6.75. The average molecular weight is 262 g/mol. The third-order valence-electron chi connectivity index (χ3n) is 3.36. The summed E-state index contributed by atoms with van der Waals surface area (Å²) in [4.78, 5) is 18.0. The van der Waals surface area contributed by atoms with E-state index >= 15 is 0 Å². The monoisotopic (exact) mass is 262 g/mol. The molecule has 1 aromatic heterocycles. The highest BCUT2D eigenvalue weighted by atomic mass is 16.6. The van der Waals surface area contributed by atoms with Crippen LogP contribution >= 0.6 is 0 Å². The summed E-state index contributed by atoms with van der Waals surface area (Å²) in [5, 5.41) is 0. The fraction of sp³-hybridized carbons (Fsp3) is 0.600. The molecular weight excluding hydrogens is 240 g/mol. The van der Waals surface area contributed by atoms with E-state index < -0.39 is 5.60 Å². The molecule has 0 aromatic carbocycles. The van der Waals surface area contributed by atoms with Crippen molar-refractivity contribution in [3.8, 4) is 0 Å². The lowest BCUT2D eigenvalue weighted by molar-refractivity contribution is 0.0292. The highest BCUT2D eigenvalue weighted by Gasteiger charge is 2.31. The summed E-state index contributed by atoms with van der Waals surface area (Å²) in [6.45, 7) is 9.25. The van der Waals surface area contributed by atoms with Crippen LogP contribution in [0.3, 0.4) is 0 Å². The Morgan fingerprint density at radius 1 is 1.47 bits per heavy atom. The second-order valence-electron chi connectivity index (χ2n) is 6.14. The van der Waals surface area contributed by atoms with Gasteiger partial charge in [-0.15, -0.1) is 0 Å². The molecule has 0 aliphatic carbocycles. The van der Waals surface area contributed by atoms with Crippen LogP contribution < -0.4 is 0 Å². The van der Waals surface area contributed by atoms with Crippen LogP contribution in [0, 0.1) is 6.92 Å². The zero-order chi connectivity index (χ0) is 14.0. The topological polar surface area (TPSA) is 42.4 Å². The van der Waals surface area contributed by atoms with Gasteiger partial charge < -0.3 is 9.64 Å². The Hall–Kier alpha value is -1.58. The molecule has 104 valence electrons. The van der Waals surface area contributed by atoms with Gasteiger partial charge in [0.05, 0.1) is 0 Å². The van der Waals surface area contributed by atoms with E-state index in [0.29, 0.717) is 5.92 Å². The molecule has 0 spiro atoms. The standard InChI is InChI=1S/C15H22N2O2/c1-11-5-7-16-9-13(11)12-6-8-17(10-12)14(18)19-15(2,3)4/h5,7,9,12H,6,8,10H2,1-4H3. The molecule has 2 heterocycles. The van der Waals surface area contributed by atoms with Gasteiger partial charge in [0.1, 0.15) is 5.60 Å². The number of likely N-dealkylation sites (tertiary alicyclic amines) is 1. The van der Waals surface area contributed by atoms with Crippen molar-refractivity contribution >= 4 is 6.09 Å². The minimum atomic E-state index is -0.431. The summed E-state index contributed by atoms with van der Waals surface area (Å²) in [7, 11) is 0. The van der Waals surface area contributed by atoms with Crippen LogP contribution in [0.1, 0.15) is 44.2 Å². The Balaban J connectivity index is 2.01. The number of carbonyl (C=O) groups excluding carboxylic acids is 1. The summed E-state index contributed by atoms with van der Waals surface area (Å²) in [6, 6.07) is 2.02. The van der Waals surface area contributed by atoms with E-state index in [0.717, 1.165) is 19.5 Å². The zero-order valence-electron chi connectivity index (χ0n) is 12.1. The molecular formula is C15H22N2O2. The largest absolute Gasteiger partial charge is 0.444 e. The van der Waals surface area contributed by atoms with Crippen LogP contribution in [0.15, 0.2) is 18.5 Å². The normalized spacial score (nSPS) is 19.6. The summed E-state index contributed by atoms with van der Waals surface area (Å²) in [6.07, 6.45) is 4.49. The van der Waals surface area contributed by atoms with E-state index in [2.05, 4.69) is 11.9 Å². The quantitative estimate of drug-likeness (QED) is 0.781. The molecule has 1 saturated heterocycles. The van der Waals surface area contributed by atoms with Crippen LogP contribution in [0.5, 0.6) is 0 Å². The van der Waals surface area contributed by atoms with Crippen molar-refractivity contribution < 1.29 is 9.53 Å². The Kier molecular flexibility index (Phi) is 3.78. The molecule has 1 aliphatic rings. The third-order valence-corrected chi connectivity index (χ3v) is 3.36. The molecule has 4 nitrogen and oxygen atoms in total. The number of hydrogen-bond donors (Lipinski definition) is 0. The van der Waals surface area contributed by atoms with Crippen LogP contribution in [0.4, 0.5) is 4.79 Å². The number of ether oxygens (including phenoxy) is 1. The smallest absolute Gasteiger partial charge is 0.410 e. The van der Waals surface area contributed by atoms with Gasteiger partial charge in [0, 0.05) is 31.4 Å². The van der Waals surface area contributed by atoms with E-state index in [-0.39, 0.29) is 6.09 Å². The van der Waals surface area contributed by atoms with E-state index in [1.165, 1.54) is 11.1 Å². The second-order valence-corrected chi connectivity index (χ2v) is 6.14. The lowest BCUT2D eigenvalue weighted by Gasteiger charge is -2.24. The summed E-state index contributed by atoms with van der Waals surface area (Å²) in [5.41, 5.74) is 2.05. The lowest BCUT2D eigenvalue weighted by atomic mass is 9.96. The van der Waals surface area contributed by atoms with Crippen molar-refractivity contribution in [2.75, 3.05) is 13.1 Å². The fourth-order valence-corrected chi connectivity index (χ4v) is 2.41. The fourth-order valence-electron chi connectivity index (χ4n) is 2.41. The van der Waals surface area contributed by atoms with Gasteiger partial charge in [0.25, 0.3) is 0 Å². The summed E-state index contributed by atoms with van der Waals surface area (Å²) >= 11 is 0. The van der Waals surface area contributed by atoms with Crippen molar-refractivity contribution in [1.82, 2.24) is 9.88 Å². The summed E-state index contributed by atoms with van der Waals surface area (Å²) in [5.74, 6) is 0.376. The molecule has 4 heteroatoms. The lowest BCUT2D eigenvalue weighted by Crippen LogP contribution is -2.35. The molecule has 2 rings (SSSR count). The first-order valence-corrected chi connectivity index (χ1v) is 6.75. The number of nitrogens with zero attached hydrogens (tertiary/aromatic N) is 2. The summed E-state index contributed by atoms with van der Waals surface area (Å²) < 4.78 is 5.41. The van der Waals surface area contributed by atoms with E-state index in [9.17, 15) is 4.79 Å². The van der Waals surface area contributed by atoms with Gasteiger partial charge in [-0.25, -0.2) is 4.79 Å². The van der Waals surface area contributed by atoms with Gasteiger partial charge >= 0.3 is 6.09 Å². The highest BCUT2D eigenvalue weighted by molar-refractivity contribution is 5.68. The molecule has 19 heavy (non-hydrogen) atoms. The van der Waals surface area contributed by atoms with Crippen LogP contribution in [-0.2, 0) is 4.74 Å². The number of aryl methyl sites for hydroxylation is 1. The van der Waals surface area contributed by atoms with Crippen LogP contribution in [-0.4, -0.2) is 34.7 Å². The Morgan fingerprint density at radius 3 is 2.84 bits per heavy atom. The van der Waals surface area contributed by atoms with Crippen molar-refractivity contribution in [3.63, 3.8) is 0 Å². The van der Waals surface area contributed by atoms with E-state index in [4.69, 9.17) is 4.74 Å². The Morgan fingerprint density at radius 2 is 2.21 bits per heavy atom. The SMILES string of the molecule is Cc1ccncc1C1CCN(C(=O)OC(C)(C)C)C1. The maximum absolute atomic E-state index is 12.0. The third kappa shape index (κ3) is 3.46. The predicted octanol–water partition coefficient (Wildman–Crippen LogP) is 3.11. The maximum Gasteiger partial charge on any atom is 0.410 e. The van der Waals surface area contributed by atoms with Crippen LogP contribution in [0.2, 0.25) is 0 Å². The van der Waals surface area contributed by atoms with Gasteiger partial charge in [-0.05, 0) is 51.3 Å². The first kappa shape index (κ1) is 13.8. The molecule has 0 radical (unpaired) electrons. The van der Waals surface area contributed by atoms with Gasteiger partial charge in [0.15, 0.2) is 0 Å². The van der Waals surface area contributed by atoms with Gasteiger partial charge in [-0.1, -0.05) is 0 Å². The number of pyridine rings is 1. The van der Waals surface area contributed by atoms with Crippen molar-refractivity contribution in [2.24, 2.45) is 0 Å². The first-order chi connectivity index (χ1) is 8.87. The number of aromatic nitrogens is 1. The number of rotatable bonds is 1. The molecule has 1 unspecified atom stereocenters. The molecule has 0 bridgehead atoms. The average Bonchev–Trinajstić information content (AvgIpc) is 2.76. The highest BCUT2D eigenvalue weighted by Crippen LogP contribution is 2.29. The molecule has 1 atom stereocenters. The van der Waals surface area contributed by atoms with Crippen molar-refractivity contribution in [2.45, 2.75) is 45.6 Å². The molecule has 0 saturated carbocycles. The zero-order valence-corrected chi connectivity index (χ0v) is 12.1. The predicted molar refractivity (Wildman–Crippen MR) is 74.1 cm³/mol. The van der Waals surface area contributed by atoms with Crippen LogP contribution in [0.25, 0.3) is 0 Å². The van der Waals surface area contributed by atoms with E-state index in [1.54, 1.807) is 11.1 Å².